The van der Waals surface area contributed by atoms with Gasteiger partial charge in [0, 0.05) is 17.8 Å². The minimum Gasteiger partial charge on any atom is -0.393 e. The SMILES string of the molecule is CCc1ccc(C(=O)NCCC(N)=S)s1. The molecule has 0 spiro atoms. The molecule has 1 aromatic heterocycles. The lowest BCUT2D eigenvalue weighted by atomic mass is 10.3. The second kappa shape index (κ2) is 5.82. The van der Waals surface area contributed by atoms with E-state index in [9.17, 15) is 4.79 Å². The molecule has 1 heterocycles. The maximum atomic E-state index is 11.6. The van der Waals surface area contributed by atoms with Gasteiger partial charge < -0.3 is 11.1 Å². The number of aryl methyl sites for hydroxylation is 1. The Balaban J connectivity index is 2.43. The Bertz CT molecular complexity index is 360. The van der Waals surface area contributed by atoms with Gasteiger partial charge in [-0.2, -0.15) is 0 Å². The molecule has 3 nitrogen and oxygen atoms in total. The van der Waals surface area contributed by atoms with Crippen LogP contribution in [0.1, 0.15) is 27.9 Å². The number of thiocarbonyl (C=S) groups is 1. The second-order valence-corrected chi connectivity index (χ2v) is 4.78. The van der Waals surface area contributed by atoms with Crippen molar-refractivity contribution in [1.82, 2.24) is 5.32 Å². The summed E-state index contributed by atoms with van der Waals surface area (Å²) in [6.07, 6.45) is 1.51. The van der Waals surface area contributed by atoms with Gasteiger partial charge in [0.15, 0.2) is 0 Å². The molecule has 0 fully saturated rings. The van der Waals surface area contributed by atoms with Gasteiger partial charge in [-0.3, -0.25) is 4.79 Å². The summed E-state index contributed by atoms with van der Waals surface area (Å²) in [6, 6.07) is 3.83. The van der Waals surface area contributed by atoms with Crippen molar-refractivity contribution in [2.75, 3.05) is 6.54 Å². The fourth-order valence-corrected chi connectivity index (χ4v) is 2.04. The lowest BCUT2D eigenvalue weighted by Crippen LogP contribution is -2.26. The monoisotopic (exact) mass is 242 g/mol. The molecule has 0 atom stereocenters. The molecule has 0 radical (unpaired) electrons. The third-order valence-electron chi connectivity index (χ3n) is 1.89. The number of hydrogen-bond donors (Lipinski definition) is 2. The Morgan fingerprint density at radius 2 is 2.33 bits per heavy atom. The van der Waals surface area contributed by atoms with Crippen molar-refractivity contribution in [3.63, 3.8) is 0 Å². The smallest absolute Gasteiger partial charge is 0.261 e. The summed E-state index contributed by atoms with van der Waals surface area (Å²) < 4.78 is 0. The molecule has 0 aromatic carbocycles. The molecule has 5 heteroatoms. The molecule has 0 saturated heterocycles. The summed E-state index contributed by atoms with van der Waals surface area (Å²) >= 11 is 6.24. The van der Waals surface area contributed by atoms with Crippen LogP contribution in [0.15, 0.2) is 12.1 Å². The van der Waals surface area contributed by atoms with Crippen molar-refractivity contribution in [1.29, 1.82) is 0 Å². The molecule has 82 valence electrons. The Labute approximate surface area is 98.7 Å². The summed E-state index contributed by atoms with van der Waals surface area (Å²) in [7, 11) is 0. The first-order valence-electron chi connectivity index (χ1n) is 4.78. The molecule has 3 N–H and O–H groups in total. The molecule has 0 aliphatic heterocycles. The van der Waals surface area contributed by atoms with E-state index in [1.807, 2.05) is 12.1 Å². The number of nitrogens with one attached hydrogen (secondary N) is 1. The fraction of sp³-hybridized carbons (Fsp3) is 0.400. The van der Waals surface area contributed by atoms with Crippen LogP contribution in [0, 0.1) is 0 Å². The Morgan fingerprint density at radius 3 is 2.87 bits per heavy atom. The van der Waals surface area contributed by atoms with Gasteiger partial charge in [0.25, 0.3) is 5.91 Å². The number of carbonyl (C=O) groups is 1. The minimum atomic E-state index is -0.0454. The van der Waals surface area contributed by atoms with Crippen LogP contribution in [-0.2, 0) is 6.42 Å². The van der Waals surface area contributed by atoms with E-state index in [1.54, 1.807) is 0 Å². The highest BCUT2D eigenvalue weighted by atomic mass is 32.1. The fourth-order valence-electron chi connectivity index (χ4n) is 1.08. The van der Waals surface area contributed by atoms with E-state index in [4.69, 9.17) is 18.0 Å². The second-order valence-electron chi connectivity index (χ2n) is 3.09. The lowest BCUT2D eigenvalue weighted by Gasteiger charge is -2.01. The first kappa shape index (κ1) is 12.1. The standard InChI is InChI=1S/C10H14N2OS2/c1-2-7-3-4-8(15-7)10(13)12-6-5-9(11)14/h3-4H,2,5-6H2,1H3,(H2,11,14)(H,12,13). The van der Waals surface area contributed by atoms with Crippen molar-refractivity contribution in [3.05, 3.63) is 21.9 Å². The van der Waals surface area contributed by atoms with E-state index in [0.717, 1.165) is 11.3 Å². The molecule has 1 amide bonds. The topological polar surface area (TPSA) is 55.1 Å². The molecule has 0 unspecified atom stereocenters. The zero-order valence-electron chi connectivity index (χ0n) is 8.58. The van der Waals surface area contributed by atoms with Gasteiger partial charge in [0.2, 0.25) is 0 Å². The van der Waals surface area contributed by atoms with Gasteiger partial charge in [-0.05, 0) is 18.6 Å². The van der Waals surface area contributed by atoms with Gasteiger partial charge in [-0.1, -0.05) is 19.1 Å². The Morgan fingerprint density at radius 1 is 1.60 bits per heavy atom. The van der Waals surface area contributed by atoms with Crippen LogP contribution >= 0.6 is 23.6 Å². The highest BCUT2D eigenvalue weighted by Gasteiger charge is 2.07. The van der Waals surface area contributed by atoms with Crippen molar-refractivity contribution < 1.29 is 4.79 Å². The van der Waals surface area contributed by atoms with Crippen LogP contribution in [0.5, 0.6) is 0 Å². The van der Waals surface area contributed by atoms with Gasteiger partial charge in [0.1, 0.15) is 0 Å². The quantitative estimate of drug-likeness (QED) is 0.773. The van der Waals surface area contributed by atoms with Crippen molar-refractivity contribution in [3.8, 4) is 0 Å². The van der Waals surface area contributed by atoms with Crippen LogP contribution < -0.4 is 11.1 Å². The number of hydrogen-bond acceptors (Lipinski definition) is 3. The van der Waals surface area contributed by atoms with Crippen LogP contribution in [-0.4, -0.2) is 17.4 Å². The van der Waals surface area contributed by atoms with Gasteiger partial charge >= 0.3 is 0 Å². The van der Waals surface area contributed by atoms with E-state index in [-0.39, 0.29) is 5.91 Å². The molecule has 0 bridgehead atoms. The molecular weight excluding hydrogens is 228 g/mol. The van der Waals surface area contributed by atoms with E-state index >= 15 is 0 Å². The molecule has 15 heavy (non-hydrogen) atoms. The summed E-state index contributed by atoms with van der Waals surface area (Å²) in [4.78, 5) is 14.0. The number of amides is 1. The average molecular weight is 242 g/mol. The van der Waals surface area contributed by atoms with E-state index in [2.05, 4.69) is 12.2 Å². The van der Waals surface area contributed by atoms with E-state index in [0.29, 0.717) is 18.0 Å². The number of carbonyl (C=O) groups excluding carboxylic acids is 1. The van der Waals surface area contributed by atoms with E-state index < -0.39 is 0 Å². The van der Waals surface area contributed by atoms with Crippen molar-refractivity contribution in [2.24, 2.45) is 5.73 Å². The number of rotatable bonds is 5. The Kier molecular flexibility index (Phi) is 4.71. The highest BCUT2D eigenvalue weighted by Crippen LogP contribution is 2.16. The average Bonchev–Trinajstić information content (AvgIpc) is 2.65. The van der Waals surface area contributed by atoms with Gasteiger partial charge in [-0.25, -0.2) is 0 Å². The number of thiophene rings is 1. The van der Waals surface area contributed by atoms with Crippen molar-refractivity contribution >= 4 is 34.5 Å². The lowest BCUT2D eigenvalue weighted by molar-refractivity contribution is 0.0959. The summed E-state index contributed by atoms with van der Waals surface area (Å²) in [5.74, 6) is -0.0454. The van der Waals surface area contributed by atoms with Crippen LogP contribution in [0.2, 0.25) is 0 Å². The maximum Gasteiger partial charge on any atom is 0.261 e. The first-order chi connectivity index (χ1) is 7.13. The molecule has 1 aromatic rings. The van der Waals surface area contributed by atoms with Gasteiger partial charge in [0.05, 0.1) is 9.87 Å². The normalized spacial score (nSPS) is 9.93. The summed E-state index contributed by atoms with van der Waals surface area (Å²) in [5.41, 5.74) is 5.33. The van der Waals surface area contributed by atoms with Crippen LogP contribution in [0.4, 0.5) is 0 Å². The predicted molar refractivity (Wildman–Crippen MR) is 67.4 cm³/mol. The van der Waals surface area contributed by atoms with Crippen molar-refractivity contribution in [2.45, 2.75) is 19.8 Å². The van der Waals surface area contributed by atoms with Crippen LogP contribution in [0.25, 0.3) is 0 Å². The third-order valence-corrected chi connectivity index (χ3v) is 3.32. The largest absolute Gasteiger partial charge is 0.393 e. The maximum absolute atomic E-state index is 11.6. The number of nitrogens with two attached hydrogens (primary N) is 1. The minimum absolute atomic E-state index is 0.0454. The molecule has 0 aliphatic rings. The Hall–Kier alpha value is -0.940. The van der Waals surface area contributed by atoms with E-state index in [1.165, 1.54) is 16.2 Å². The first-order valence-corrected chi connectivity index (χ1v) is 6.01. The molecule has 0 aliphatic carbocycles. The molecule has 0 saturated carbocycles. The molecule has 1 rings (SSSR count). The van der Waals surface area contributed by atoms with Crippen LogP contribution in [0.3, 0.4) is 0 Å². The third kappa shape index (κ3) is 3.97. The zero-order valence-corrected chi connectivity index (χ0v) is 10.2. The molecular formula is C10H14N2OS2. The summed E-state index contributed by atoms with van der Waals surface area (Å²) in [6.45, 7) is 2.58. The summed E-state index contributed by atoms with van der Waals surface area (Å²) in [5, 5.41) is 2.77. The van der Waals surface area contributed by atoms with Gasteiger partial charge in [-0.15, -0.1) is 11.3 Å². The zero-order chi connectivity index (χ0) is 11.3. The highest BCUT2D eigenvalue weighted by molar-refractivity contribution is 7.80. The predicted octanol–water partition coefficient (Wildman–Crippen LogP) is 1.72.